The van der Waals surface area contributed by atoms with Gasteiger partial charge in [0, 0.05) is 19.6 Å². The molecule has 0 aromatic heterocycles. The zero-order valence-corrected chi connectivity index (χ0v) is 15.0. The molecule has 24 heavy (non-hydrogen) atoms. The number of morpholine rings is 1. The maximum absolute atomic E-state index is 12.1. The average molecular weight is 335 g/mol. The number of ether oxygens (including phenoxy) is 3. The van der Waals surface area contributed by atoms with Gasteiger partial charge >= 0.3 is 0 Å². The molecule has 2 N–H and O–H groups in total. The Hall–Kier alpha value is -1.79. The molecule has 6 heteroatoms. The first-order valence-corrected chi connectivity index (χ1v) is 8.13. The fourth-order valence-electron chi connectivity index (χ4n) is 3.06. The molecule has 133 valence electrons. The summed E-state index contributed by atoms with van der Waals surface area (Å²) in [7, 11) is 3.20. The molecular weight excluding hydrogens is 308 g/mol. The van der Waals surface area contributed by atoms with Crippen molar-refractivity contribution in [2.45, 2.75) is 26.8 Å². The number of benzene rings is 1. The number of hydrogen-bond acceptors (Lipinski definition) is 5. The molecule has 0 atom stereocenters. The largest absolute Gasteiger partial charge is 0.496 e. The smallest absolute Gasteiger partial charge is 0.252 e. The summed E-state index contributed by atoms with van der Waals surface area (Å²) in [5, 5.41) is 0. The molecule has 1 saturated heterocycles. The van der Waals surface area contributed by atoms with E-state index in [1.165, 1.54) is 5.92 Å². The predicted octanol–water partition coefficient (Wildman–Crippen LogP) is 1.79. The summed E-state index contributed by atoms with van der Waals surface area (Å²) >= 11 is 0. The van der Waals surface area contributed by atoms with Crippen molar-refractivity contribution in [3.05, 3.63) is 28.7 Å². The lowest BCUT2D eigenvalue weighted by Crippen LogP contribution is -2.36. The van der Waals surface area contributed by atoms with E-state index in [1.54, 1.807) is 14.2 Å². The maximum Gasteiger partial charge on any atom is 0.252 e. The van der Waals surface area contributed by atoms with Crippen LogP contribution in [-0.2, 0) is 17.7 Å². The van der Waals surface area contributed by atoms with Gasteiger partial charge in [0.25, 0.3) is 5.91 Å². The summed E-state index contributed by atoms with van der Waals surface area (Å²) in [4.78, 5) is 14.3. The van der Waals surface area contributed by atoms with E-state index >= 15 is 0 Å². The van der Waals surface area contributed by atoms with Crippen molar-refractivity contribution in [3.63, 3.8) is 0 Å². The minimum atomic E-state index is -0.478. The second kappa shape index (κ2) is 8.35. The number of hydrogen-bond donors (Lipinski definition) is 1. The molecule has 0 aliphatic carbocycles. The third-order valence-electron chi connectivity index (χ3n) is 4.12. The Kier molecular flexibility index (Phi) is 6.45. The summed E-state index contributed by atoms with van der Waals surface area (Å²) in [6.07, 6.45) is 0.656. The third-order valence-corrected chi connectivity index (χ3v) is 4.12. The standard InChI is InChI=1S/C18H27N2O4/c1-12(2)9-13-10-15(22-3)14(11-20-5-7-24-8-6-20)17(23-4)16(13)18(19)21/h10H,5-9,11H2,1-4H3,(H2,19,21). The SMILES string of the molecule is COc1cc(C[C](C)C)c(C(N)=O)c(OC)c1CN1CCOCC1. The van der Waals surface area contributed by atoms with E-state index in [4.69, 9.17) is 19.9 Å². The molecule has 1 aliphatic heterocycles. The zero-order valence-electron chi connectivity index (χ0n) is 15.0. The molecule has 0 bridgehead atoms. The minimum Gasteiger partial charge on any atom is -0.496 e. The van der Waals surface area contributed by atoms with Crippen LogP contribution >= 0.6 is 0 Å². The fraction of sp³-hybridized carbons (Fsp3) is 0.556. The molecule has 6 nitrogen and oxygen atoms in total. The van der Waals surface area contributed by atoms with Gasteiger partial charge in [-0.2, -0.15) is 0 Å². The predicted molar refractivity (Wildman–Crippen MR) is 92.5 cm³/mol. The van der Waals surface area contributed by atoms with E-state index in [0.29, 0.717) is 37.5 Å². The van der Waals surface area contributed by atoms with Gasteiger partial charge in [0.2, 0.25) is 0 Å². The van der Waals surface area contributed by atoms with Gasteiger partial charge in [-0.25, -0.2) is 0 Å². The number of carbonyl (C=O) groups excluding carboxylic acids is 1. The lowest BCUT2D eigenvalue weighted by atomic mass is 9.93. The number of nitrogens with zero attached hydrogens (tertiary/aromatic N) is 1. The van der Waals surface area contributed by atoms with Crippen molar-refractivity contribution in [1.82, 2.24) is 4.90 Å². The van der Waals surface area contributed by atoms with Gasteiger partial charge in [-0.1, -0.05) is 13.8 Å². The van der Waals surface area contributed by atoms with Crippen molar-refractivity contribution in [2.75, 3.05) is 40.5 Å². The van der Waals surface area contributed by atoms with E-state index in [-0.39, 0.29) is 0 Å². The van der Waals surface area contributed by atoms with Crippen LogP contribution in [0.15, 0.2) is 6.07 Å². The Morgan fingerprint density at radius 3 is 2.42 bits per heavy atom. The number of rotatable bonds is 7. The molecule has 1 fully saturated rings. The molecule has 1 aromatic rings. The molecule has 1 heterocycles. The van der Waals surface area contributed by atoms with E-state index < -0.39 is 5.91 Å². The van der Waals surface area contributed by atoms with Crippen molar-refractivity contribution in [1.29, 1.82) is 0 Å². The van der Waals surface area contributed by atoms with Crippen LogP contribution in [0.1, 0.15) is 35.3 Å². The summed E-state index contributed by atoms with van der Waals surface area (Å²) < 4.78 is 16.6. The number of primary amides is 1. The Labute approximate surface area is 143 Å². The van der Waals surface area contributed by atoms with Gasteiger partial charge in [-0.05, 0) is 24.0 Å². The van der Waals surface area contributed by atoms with Crippen LogP contribution in [0.3, 0.4) is 0 Å². The first kappa shape index (κ1) is 18.5. The number of nitrogens with two attached hydrogens (primary N) is 1. The minimum absolute atomic E-state index is 0.447. The number of methoxy groups -OCH3 is 2. The first-order valence-electron chi connectivity index (χ1n) is 8.13. The molecule has 1 aliphatic rings. The molecule has 1 radical (unpaired) electrons. The highest BCUT2D eigenvalue weighted by atomic mass is 16.5. The first-order chi connectivity index (χ1) is 11.5. The normalized spacial score (nSPS) is 15.5. The monoisotopic (exact) mass is 335 g/mol. The lowest BCUT2D eigenvalue weighted by molar-refractivity contribution is 0.0335. The molecular formula is C18H27N2O4. The van der Waals surface area contributed by atoms with Crippen LogP contribution < -0.4 is 15.2 Å². The molecule has 2 rings (SSSR count). The lowest BCUT2D eigenvalue weighted by Gasteiger charge is -2.29. The van der Waals surface area contributed by atoms with E-state index in [0.717, 1.165) is 30.0 Å². The van der Waals surface area contributed by atoms with Gasteiger partial charge in [-0.15, -0.1) is 0 Å². The highest BCUT2D eigenvalue weighted by molar-refractivity contribution is 5.98. The molecule has 1 aromatic carbocycles. The fourth-order valence-corrected chi connectivity index (χ4v) is 3.06. The van der Waals surface area contributed by atoms with Crippen LogP contribution in [0.5, 0.6) is 11.5 Å². The number of carbonyl (C=O) groups is 1. The summed E-state index contributed by atoms with van der Waals surface area (Å²) in [5.74, 6) is 1.95. The van der Waals surface area contributed by atoms with Gasteiger partial charge in [0.05, 0.1) is 38.6 Å². The van der Waals surface area contributed by atoms with Crippen molar-refractivity contribution >= 4 is 5.91 Å². The van der Waals surface area contributed by atoms with E-state index in [9.17, 15) is 4.79 Å². The van der Waals surface area contributed by atoms with Crippen LogP contribution in [-0.4, -0.2) is 51.3 Å². The van der Waals surface area contributed by atoms with E-state index in [2.05, 4.69) is 4.90 Å². The second-order valence-corrected chi connectivity index (χ2v) is 6.26. The highest BCUT2D eigenvalue weighted by Gasteiger charge is 2.25. The highest BCUT2D eigenvalue weighted by Crippen LogP contribution is 2.37. The summed E-state index contributed by atoms with van der Waals surface area (Å²) in [6, 6.07) is 1.91. The molecule has 0 saturated carbocycles. The van der Waals surface area contributed by atoms with Crippen LogP contribution in [0.2, 0.25) is 0 Å². The Balaban J connectivity index is 2.50. The average Bonchev–Trinajstić information content (AvgIpc) is 2.55. The molecule has 1 amide bonds. The third kappa shape index (κ3) is 4.19. The Morgan fingerprint density at radius 1 is 1.25 bits per heavy atom. The Bertz CT molecular complexity index is 581. The quantitative estimate of drug-likeness (QED) is 0.822. The van der Waals surface area contributed by atoms with Crippen molar-refractivity contribution < 1.29 is 19.0 Å². The summed E-state index contributed by atoms with van der Waals surface area (Å²) in [5.41, 5.74) is 7.79. The number of amides is 1. The van der Waals surface area contributed by atoms with Gasteiger partial charge in [0.1, 0.15) is 11.5 Å². The van der Waals surface area contributed by atoms with E-state index in [1.807, 2.05) is 19.9 Å². The Morgan fingerprint density at radius 2 is 1.92 bits per heavy atom. The van der Waals surface area contributed by atoms with Gasteiger partial charge < -0.3 is 19.9 Å². The van der Waals surface area contributed by atoms with Crippen LogP contribution in [0.4, 0.5) is 0 Å². The maximum atomic E-state index is 12.1. The van der Waals surface area contributed by atoms with Gasteiger partial charge in [-0.3, -0.25) is 9.69 Å². The molecule has 0 unspecified atom stereocenters. The topological polar surface area (TPSA) is 74.0 Å². The van der Waals surface area contributed by atoms with Crippen LogP contribution in [0.25, 0.3) is 0 Å². The second-order valence-electron chi connectivity index (χ2n) is 6.26. The molecule has 0 spiro atoms. The van der Waals surface area contributed by atoms with Crippen LogP contribution in [0, 0.1) is 5.92 Å². The van der Waals surface area contributed by atoms with Crippen molar-refractivity contribution in [2.24, 2.45) is 5.73 Å². The van der Waals surface area contributed by atoms with Gasteiger partial charge in [0.15, 0.2) is 0 Å². The summed E-state index contributed by atoms with van der Waals surface area (Å²) in [6.45, 7) is 7.75. The zero-order chi connectivity index (χ0) is 17.7. The van der Waals surface area contributed by atoms with Crippen molar-refractivity contribution in [3.8, 4) is 11.5 Å².